The average Bonchev–Trinajstić information content (AvgIpc) is 2.92. The minimum absolute atomic E-state index is 0.410. The molecule has 1 aliphatic carbocycles. The van der Waals surface area contributed by atoms with E-state index in [0.29, 0.717) is 6.04 Å². The molecular weight excluding hydrogens is 266 g/mol. The van der Waals surface area contributed by atoms with Crippen molar-refractivity contribution in [3.05, 3.63) is 33.8 Å². The van der Waals surface area contributed by atoms with Gasteiger partial charge in [0, 0.05) is 11.1 Å². The summed E-state index contributed by atoms with van der Waals surface area (Å²) >= 11 is 6.49. The Labute approximate surface area is 129 Å². The van der Waals surface area contributed by atoms with Crippen molar-refractivity contribution in [2.24, 2.45) is 5.92 Å². The lowest BCUT2D eigenvalue weighted by atomic mass is 9.93. The molecule has 1 nitrogen and oxygen atoms in total. The Balaban J connectivity index is 2.08. The molecule has 1 saturated carbocycles. The van der Waals surface area contributed by atoms with Crippen LogP contribution in [0.25, 0.3) is 0 Å². The highest BCUT2D eigenvalue weighted by Crippen LogP contribution is 2.34. The summed E-state index contributed by atoms with van der Waals surface area (Å²) in [6.07, 6.45) is 8.27. The lowest BCUT2D eigenvalue weighted by Gasteiger charge is -2.22. The molecule has 0 heterocycles. The topological polar surface area (TPSA) is 12.0 Å². The molecule has 0 spiro atoms. The maximum absolute atomic E-state index is 6.49. The first-order chi connectivity index (χ1) is 9.61. The van der Waals surface area contributed by atoms with Crippen LogP contribution in [0.15, 0.2) is 12.1 Å². The maximum Gasteiger partial charge on any atom is 0.0456 e. The zero-order chi connectivity index (χ0) is 14.5. The first-order valence-corrected chi connectivity index (χ1v) is 8.49. The number of benzene rings is 1. The molecule has 20 heavy (non-hydrogen) atoms. The van der Waals surface area contributed by atoms with Gasteiger partial charge in [-0.15, -0.1) is 0 Å². The van der Waals surface area contributed by atoms with Crippen LogP contribution in [0.4, 0.5) is 0 Å². The van der Waals surface area contributed by atoms with Crippen LogP contribution >= 0.6 is 11.6 Å². The van der Waals surface area contributed by atoms with Gasteiger partial charge < -0.3 is 5.32 Å². The number of rotatable bonds is 6. The van der Waals surface area contributed by atoms with Gasteiger partial charge in [-0.2, -0.15) is 0 Å². The van der Waals surface area contributed by atoms with E-state index >= 15 is 0 Å². The second kappa shape index (κ2) is 7.47. The molecular formula is C18H28ClN. The Morgan fingerprint density at radius 2 is 1.85 bits per heavy atom. The highest BCUT2D eigenvalue weighted by atomic mass is 35.5. The average molecular weight is 294 g/mol. The van der Waals surface area contributed by atoms with Gasteiger partial charge >= 0.3 is 0 Å². The third-order valence-electron chi connectivity index (χ3n) is 4.78. The number of aryl methyl sites for hydroxylation is 2. The molecule has 2 rings (SSSR count). The maximum atomic E-state index is 6.49. The van der Waals surface area contributed by atoms with Crippen molar-refractivity contribution in [3.63, 3.8) is 0 Å². The Morgan fingerprint density at radius 1 is 1.20 bits per heavy atom. The van der Waals surface area contributed by atoms with Crippen molar-refractivity contribution in [3.8, 4) is 0 Å². The predicted molar refractivity (Wildman–Crippen MR) is 88.5 cm³/mol. The van der Waals surface area contributed by atoms with Crippen molar-refractivity contribution in [1.82, 2.24) is 5.32 Å². The summed E-state index contributed by atoms with van der Waals surface area (Å²) in [5, 5.41) is 4.55. The van der Waals surface area contributed by atoms with Crippen LogP contribution in [0.1, 0.15) is 68.2 Å². The molecule has 1 atom stereocenters. The monoisotopic (exact) mass is 293 g/mol. The van der Waals surface area contributed by atoms with E-state index in [1.54, 1.807) is 0 Å². The van der Waals surface area contributed by atoms with Crippen molar-refractivity contribution in [2.75, 3.05) is 6.54 Å². The molecule has 1 fully saturated rings. The molecule has 1 N–H and O–H groups in total. The lowest BCUT2D eigenvalue weighted by Crippen LogP contribution is -2.22. The SMILES string of the molecule is CCNC(CCC1CCCC1)c1cc(C)c(C)cc1Cl. The van der Waals surface area contributed by atoms with Gasteiger partial charge in [0.15, 0.2) is 0 Å². The summed E-state index contributed by atoms with van der Waals surface area (Å²) in [5.74, 6) is 0.946. The van der Waals surface area contributed by atoms with Crippen LogP contribution in [0.3, 0.4) is 0 Å². The summed E-state index contributed by atoms with van der Waals surface area (Å²) in [4.78, 5) is 0. The number of hydrogen-bond acceptors (Lipinski definition) is 1. The highest BCUT2D eigenvalue weighted by molar-refractivity contribution is 6.31. The third-order valence-corrected chi connectivity index (χ3v) is 5.10. The quantitative estimate of drug-likeness (QED) is 0.722. The normalized spacial score (nSPS) is 17.6. The molecule has 0 bridgehead atoms. The van der Waals surface area contributed by atoms with Gasteiger partial charge in [-0.1, -0.05) is 50.3 Å². The van der Waals surface area contributed by atoms with E-state index in [-0.39, 0.29) is 0 Å². The molecule has 112 valence electrons. The van der Waals surface area contributed by atoms with Crippen molar-refractivity contribution < 1.29 is 0 Å². The third kappa shape index (κ3) is 3.99. The van der Waals surface area contributed by atoms with E-state index in [1.165, 1.54) is 55.2 Å². The molecule has 0 amide bonds. The minimum atomic E-state index is 0.410. The lowest BCUT2D eigenvalue weighted by molar-refractivity contribution is 0.417. The van der Waals surface area contributed by atoms with E-state index in [0.717, 1.165) is 17.5 Å². The van der Waals surface area contributed by atoms with E-state index in [9.17, 15) is 0 Å². The largest absolute Gasteiger partial charge is 0.310 e. The second-order valence-corrected chi connectivity index (χ2v) is 6.70. The fourth-order valence-electron chi connectivity index (χ4n) is 3.39. The van der Waals surface area contributed by atoms with Gasteiger partial charge in [-0.3, -0.25) is 0 Å². The second-order valence-electron chi connectivity index (χ2n) is 6.30. The fraction of sp³-hybridized carbons (Fsp3) is 0.667. The van der Waals surface area contributed by atoms with E-state index in [2.05, 4.69) is 38.2 Å². The van der Waals surface area contributed by atoms with Gasteiger partial charge in [-0.25, -0.2) is 0 Å². The van der Waals surface area contributed by atoms with Gasteiger partial charge in [-0.05, 0) is 61.9 Å². The Morgan fingerprint density at radius 3 is 2.50 bits per heavy atom. The van der Waals surface area contributed by atoms with Crippen molar-refractivity contribution >= 4 is 11.6 Å². The molecule has 1 aliphatic rings. The van der Waals surface area contributed by atoms with Crippen LogP contribution in [-0.2, 0) is 0 Å². The smallest absolute Gasteiger partial charge is 0.0456 e. The van der Waals surface area contributed by atoms with Crippen LogP contribution in [0.2, 0.25) is 5.02 Å². The zero-order valence-electron chi connectivity index (χ0n) is 13.1. The van der Waals surface area contributed by atoms with Crippen LogP contribution in [-0.4, -0.2) is 6.54 Å². The summed E-state index contributed by atoms with van der Waals surface area (Å²) in [6, 6.07) is 4.80. The van der Waals surface area contributed by atoms with Crippen LogP contribution < -0.4 is 5.32 Å². The molecule has 0 aromatic heterocycles. The Hall–Kier alpha value is -0.530. The number of hydrogen-bond donors (Lipinski definition) is 1. The molecule has 0 saturated heterocycles. The predicted octanol–water partition coefficient (Wildman–Crippen LogP) is 5.58. The van der Waals surface area contributed by atoms with Gasteiger partial charge in [0.2, 0.25) is 0 Å². The summed E-state index contributed by atoms with van der Waals surface area (Å²) in [6.45, 7) is 7.48. The standard InChI is InChI=1S/C18H28ClN/c1-4-20-18(10-9-15-7-5-6-8-15)16-11-13(2)14(3)12-17(16)19/h11-12,15,18,20H,4-10H2,1-3H3. The molecule has 0 aliphatic heterocycles. The molecule has 0 radical (unpaired) electrons. The van der Waals surface area contributed by atoms with Crippen LogP contribution in [0, 0.1) is 19.8 Å². The van der Waals surface area contributed by atoms with E-state index in [4.69, 9.17) is 11.6 Å². The molecule has 2 heteroatoms. The summed E-state index contributed by atoms with van der Waals surface area (Å²) < 4.78 is 0. The summed E-state index contributed by atoms with van der Waals surface area (Å²) in [7, 11) is 0. The van der Waals surface area contributed by atoms with Crippen molar-refractivity contribution in [1.29, 1.82) is 0 Å². The molecule has 1 unspecified atom stereocenters. The van der Waals surface area contributed by atoms with Crippen molar-refractivity contribution in [2.45, 2.75) is 65.3 Å². The van der Waals surface area contributed by atoms with Gasteiger partial charge in [0.1, 0.15) is 0 Å². The highest BCUT2D eigenvalue weighted by Gasteiger charge is 2.19. The van der Waals surface area contributed by atoms with Crippen LogP contribution in [0.5, 0.6) is 0 Å². The minimum Gasteiger partial charge on any atom is -0.310 e. The first kappa shape index (κ1) is 15.9. The Kier molecular flexibility index (Phi) is 5.92. The van der Waals surface area contributed by atoms with Gasteiger partial charge in [0.25, 0.3) is 0 Å². The molecule has 1 aromatic carbocycles. The summed E-state index contributed by atoms with van der Waals surface area (Å²) in [5.41, 5.74) is 3.91. The Bertz CT molecular complexity index is 435. The van der Waals surface area contributed by atoms with Gasteiger partial charge in [0.05, 0.1) is 0 Å². The first-order valence-electron chi connectivity index (χ1n) is 8.11. The molecule has 1 aromatic rings. The number of nitrogens with one attached hydrogen (secondary N) is 1. The number of halogens is 1. The van der Waals surface area contributed by atoms with E-state index < -0.39 is 0 Å². The van der Waals surface area contributed by atoms with E-state index in [1.807, 2.05) is 0 Å². The fourth-order valence-corrected chi connectivity index (χ4v) is 3.74. The zero-order valence-corrected chi connectivity index (χ0v) is 13.9.